The summed E-state index contributed by atoms with van der Waals surface area (Å²) in [4.78, 5) is 11.7. The molecule has 37 heavy (non-hydrogen) atoms. The summed E-state index contributed by atoms with van der Waals surface area (Å²) in [6.45, 7) is -0.809. The maximum atomic E-state index is 13.8. The Bertz CT molecular complexity index is 988. The number of ether oxygens (including phenoxy) is 1. The zero-order chi connectivity index (χ0) is 29.5. The SMILES string of the molecule is CC(CSc1n[nH]c(=S)s1)C(=O)OCCC(F)(F)C(F)(F)C(F)(F)C(F)(F)C(F)(C(F)(F)F)C(F)(F)F. The van der Waals surface area contributed by atoms with Crippen molar-refractivity contribution in [2.75, 3.05) is 12.4 Å². The molecule has 1 aromatic heterocycles. The average Bonchev–Trinajstić information content (AvgIpc) is 3.13. The van der Waals surface area contributed by atoms with Gasteiger partial charge in [-0.1, -0.05) is 30.0 Å². The summed E-state index contributed by atoms with van der Waals surface area (Å²) in [7, 11) is 0. The Balaban J connectivity index is 3.05. The Morgan fingerprint density at radius 1 is 0.919 bits per heavy atom. The van der Waals surface area contributed by atoms with E-state index >= 15 is 0 Å². The molecule has 0 aliphatic carbocycles. The molecule has 216 valence electrons. The second-order valence-electron chi connectivity index (χ2n) is 7.09. The first-order valence-electron chi connectivity index (χ1n) is 8.96. The van der Waals surface area contributed by atoms with Gasteiger partial charge in [0.2, 0.25) is 0 Å². The molecule has 1 unspecified atom stereocenters. The minimum Gasteiger partial charge on any atom is -0.465 e. The van der Waals surface area contributed by atoms with E-state index in [1.165, 1.54) is 0 Å². The molecule has 0 bridgehead atoms. The van der Waals surface area contributed by atoms with Crippen LogP contribution in [0.25, 0.3) is 0 Å². The van der Waals surface area contributed by atoms with Gasteiger partial charge in [0.1, 0.15) is 0 Å². The van der Waals surface area contributed by atoms with Crippen LogP contribution < -0.4 is 0 Å². The number of nitrogens with zero attached hydrogens (tertiary/aromatic N) is 1. The van der Waals surface area contributed by atoms with Gasteiger partial charge < -0.3 is 4.74 Å². The largest absolute Gasteiger partial charge is 0.465 e. The first kappa shape index (κ1) is 33.6. The fourth-order valence-electron chi connectivity index (χ4n) is 2.28. The highest BCUT2D eigenvalue weighted by Crippen LogP contribution is 2.64. The zero-order valence-corrected chi connectivity index (χ0v) is 19.8. The van der Waals surface area contributed by atoms with Gasteiger partial charge in [-0.05, 0) is 12.2 Å². The first-order valence-corrected chi connectivity index (χ1v) is 11.2. The third-order valence-electron chi connectivity index (χ3n) is 4.40. The average molecular weight is 632 g/mol. The number of carbonyl (C=O) groups is 1. The molecule has 1 N–H and O–H groups in total. The molecular weight excluding hydrogens is 621 g/mol. The van der Waals surface area contributed by atoms with E-state index in [1.54, 1.807) is 0 Å². The Morgan fingerprint density at radius 3 is 1.81 bits per heavy atom. The number of alkyl halides is 15. The molecule has 1 aromatic rings. The summed E-state index contributed by atoms with van der Waals surface area (Å²) in [5.74, 6) is -33.8. The number of carbonyl (C=O) groups excluding carboxylic acids is 1. The molecule has 0 radical (unpaired) electrons. The Morgan fingerprint density at radius 2 is 1.41 bits per heavy atom. The van der Waals surface area contributed by atoms with Gasteiger partial charge >= 0.3 is 47.7 Å². The Kier molecular flexibility index (Phi) is 9.63. The lowest BCUT2D eigenvalue weighted by atomic mass is 9.85. The fraction of sp³-hybridized carbons (Fsp3) is 0.800. The van der Waals surface area contributed by atoms with Gasteiger partial charge in [0, 0.05) is 5.75 Å². The number of esters is 1. The van der Waals surface area contributed by atoms with Crippen molar-refractivity contribution in [3.63, 3.8) is 0 Å². The number of halogens is 15. The summed E-state index contributed by atoms with van der Waals surface area (Å²) in [5.41, 5.74) is -8.35. The van der Waals surface area contributed by atoms with E-state index in [-0.39, 0.29) is 9.71 Å². The molecule has 0 fully saturated rings. The Hall–Kier alpha value is -1.45. The Labute approximate surface area is 208 Å². The maximum absolute atomic E-state index is 13.8. The van der Waals surface area contributed by atoms with Crippen molar-refractivity contribution in [2.24, 2.45) is 5.92 Å². The van der Waals surface area contributed by atoms with Gasteiger partial charge in [-0.3, -0.25) is 9.89 Å². The van der Waals surface area contributed by atoms with Crippen LogP contribution in [0.5, 0.6) is 0 Å². The monoisotopic (exact) mass is 632 g/mol. The van der Waals surface area contributed by atoms with Crippen molar-refractivity contribution in [3.05, 3.63) is 3.95 Å². The molecule has 22 heteroatoms. The van der Waals surface area contributed by atoms with Crippen LogP contribution in [0, 0.1) is 9.87 Å². The molecule has 0 aliphatic rings. The number of hydrogen-bond donors (Lipinski definition) is 1. The lowest BCUT2D eigenvalue weighted by molar-refractivity contribution is -0.457. The van der Waals surface area contributed by atoms with E-state index in [0.717, 1.165) is 30.0 Å². The normalized spacial score (nSPS) is 15.6. The van der Waals surface area contributed by atoms with Gasteiger partial charge in [-0.25, -0.2) is 4.39 Å². The van der Waals surface area contributed by atoms with Crippen LogP contribution in [0.2, 0.25) is 0 Å². The summed E-state index contributed by atoms with van der Waals surface area (Å²) in [6, 6.07) is 0. The van der Waals surface area contributed by atoms with Crippen molar-refractivity contribution < 1.29 is 75.4 Å². The van der Waals surface area contributed by atoms with Crippen LogP contribution in [0.4, 0.5) is 65.9 Å². The highest BCUT2D eigenvalue weighted by atomic mass is 32.2. The number of rotatable bonds is 11. The second kappa shape index (κ2) is 10.6. The number of H-pyrrole nitrogens is 1. The van der Waals surface area contributed by atoms with E-state index in [1.807, 2.05) is 0 Å². The second-order valence-corrected chi connectivity index (χ2v) is 10.0. The molecule has 1 atom stereocenters. The number of nitrogens with one attached hydrogen (secondary N) is 1. The van der Waals surface area contributed by atoms with E-state index in [0.29, 0.717) is 4.34 Å². The lowest BCUT2D eigenvalue weighted by Gasteiger charge is -2.43. The first-order chi connectivity index (χ1) is 16.3. The van der Waals surface area contributed by atoms with Crippen LogP contribution in [0.1, 0.15) is 13.3 Å². The van der Waals surface area contributed by atoms with E-state index < -0.39 is 66.6 Å². The molecule has 0 saturated carbocycles. The minimum atomic E-state index is -8.48. The summed E-state index contributed by atoms with van der Waals surface area (Å²) in [6.07, 6.45) is -18.7. The topological polar surface area (TPSA) is 55.0 Å². The predicted octanol–water partition coefficient (Wildman–Crippen LogP) is 7.24. The molecule has 1 rings (SSSR count). The van der Waals surface area contributed by atoms with Crippen molar-refractivity contribution >= 4 is 41.3 Å². The van der Waals surface area contributed by atoms with Gasteiger partial charge in [0.05, 0.1) is 18.9 Å². The number of thioether (sulfide) groups is 1. The molecule has 0 saturated heterocycles. The van der Waals surface area contributed by atoms with Crippen molar-refractivity contribution in [1.82, 2.24) is 10.2 Å². The van der Waals surface area contributed by atoms with Gasteiger partial charge in [-0.2, -0.15) is 66.6 Å². The molecule has 4 nitrogen and oxygen atoms in total. The van der Waals surface area contributed by atoms with Gasteiger partial charge in [0.25, 0.3) is 0 Å². The molecule has 0 amide bonds. The van der Waals surface area contributed by atoms with E-state index in [9.17, 15) is 70.7 Å². The standard InChI is InChI=1S/C15H11F15N2O2S3/c1-5(4-36-8-32-31-7(35)37-8)6(33)34-3-2-9(16,17)11(19,20)13(23,24)12(21,22)10(18,14(25,26)27)15(28,29)30/h5H,2-4H2,1H3,(H,31,35). The fourth-order valence-corrected chi connectivity index (χ4v) is 4.39. The van der Waals surface area contributed by atoms with Crippen molar-refractivity contribution in [3.8, 4) is 0 Å². The summed E-state index contributed by atoms with van der Waals surface area (Å²) in [5, 5.41) is 6.04. The van der Waals surface area contributed by atoms with Crippen LogP contribution in [-0.4, -0.2) is 70.2 Å². The molecule has 1 heterocycles. The van der Waals surface area contributed by atoms with Crippen LogP contribution >= 0.6 is 35.3 Å². The van der Waals surface area contributed by atoms with Crippen LogP contribution in [0.3, 0.4) is 0 Å². The predicted molar refractivity (Wildman–Crippen MR) is 98.5 cm³/mol. The molecule has 0 aliphatic heterocycles. The molecular formula is C15H11F15N2O2S3. The third kappa shape index (κ3) is 6.09. The van der Waals surface area contributed by atoms with E-state index in [2.05, 4.69) is 14.9 Å². The van der Waals surface area contributed by atoms with Crippen molar-refractivity contribution in [1.29, 1.82) is 0 Å². The zero-order valence-electron chi connectivity index (χ0n) is 17.4. The summed E-state index contributed by atoms with van der Waals surface area (Å²) >= 11 is 6.55. The van der Waals surface area contributed by atoms with E-state index in [4.69, 9.17) is 12.2 Å². The van der Waals surface area contributed by atoms with Crippen molar-refractivity contribution in [2.45, 2.75) is 59.4 Å². The maximum Gasteiger partial charge on any atom is 0.438 e. The number of aromatic nitrogens is 2. The molecule has 0 spiro atoms. The summed E-state index contributed by atoms with van der Waals surface area (Å²) < 4.78 is 202. The quantitative estimate of drug-likeness (QED) is 0.121. The van der Waals surface area contributed by atoms with Gasteiger partial charge in [0.15, 0.2) is 8.29 Å². The highest BCUT2D eigenvalue weighted by Gasteiger charge is 2.95. The smallest absolute Gasteiger partial charge is 0.438 e. The number of hydrogen-bond acceptors (Lipinski definition) is 6. The third-order valence-corrected chi connectivity index (χ3v) is 6.89. The number of aromatic amines is 1. The molecule has 0 aromatic carbocycles. The van der Waals surface area contributed by atoms with Crippen LogP contribution in [-0.2, 0) is 9.53 Å². The van der Waals surface area contributed by atoms with Crippen LogP contribution in [0.15, 0.2) is 4.34 Å². The lowest BCUT2D eigenvalue weighted by Crippen LogP contribution is -2.75. The minimum absolute atomic E-state index is 0.181. The highest BCUT2D eigenvalue weighted by molar-refractivity contribution is 8.01. The van der Waals surface area contributed by atoms with Gasteiger partial charge in [-0.15, -0.1) is 0 Å².